The summed E-state index contributed by atoms with van der Waals surface area (Å²) >= 11 is 0. The summed E-state index contributed by atoms with van der Waals surface area (Å²) in [5, 5.41) is 0. The number of hydrazine groups is 1. The Hall–Kier alpha value is -1.65. The van der Waals surface area contributed by atoms with Gasteiger partial charge in [-0.3, -0.25) is 10.2 Å². The highest BCUT2D eigenvalue weighted by Crippen LogP contribution is 2.16. The van der Waals surface area contributed by atoms with Gasteiger partial charge in [0.05, 0.1) is 6.61 Å². The van der Waals surface area contributed by atoms with Gasteiger partial charge in [0, 0.05) is 0 Å². The maximum atomic E-state index is 11.5. The third kappa shape index (κ3) is 3.49. The molecule has 1 aromatic rings. The molecule has 0 aromatic heterocycles. The van der Waals surface area contributed by atoms with E-state index in [0.29, 0.717) is 6.61 Å². The van der Waals surface area contributed by atoms with Crippen LogP contribution in [0, 0.1) is 0 Å². The van der Waals surface area contributed by atoms with E-state index in [0.717, 1.165) is 5.56 Å². The van der Waals surface area contributed by atoms with Crippen LogP contribution in [0.3, 0.4) is 0 Å². The molecule has 1 atom stereocenters. The summed E-state index contributed by atoms with van der Waals surface area (Å²) in [5.41, 5.74) is 2.89. The second-order valence-corrected chi connectivity index (χ2v) is 3.20. The fraction of sp³-hybridized carbons (Fsp3) is 0.250. The molecule has 0 aliphatic rings. The van der Waals surface area contributed by atoms with Crippen molar-refractivity contribution in [2.24, 2.45) is 5.84 Å². The van der Waals surface area contributed by atoms with E-state index < -0.39 is 6.10 Å². The topological polar surface area (TPSA) is 64.3 Å². The van der Waals surface area contributed by atoms with Crippen LogP contribution in [0.5, 0.6) is 0 Å². The minimum absolute atomic E-state index is 0.351. The van der Waals surface area contributed by atoms with Crippen molar-refractivity contribution in [3.63, 3.8) is 0 Å². The Morgan fingerprint density at radius 2 is 2.19 bits per heavy atom. The number of hydrogen-bond donors (Lipinski definition) is 2. The molecule has 0 fully saturated rings. The van der Waals surface area contributed by atoms with Crippen molar-refractivity contribution in [1.82, 2.24) is 5.43 Å². The van der Waals surface area contributed by atoms with Crippen LogP contribution >= 0.6 is 0 Å². The van der Waals surface area contributed by atoms with Gasteiger partial charge in [-0.2, -0.15) is 0 Å². The van der Waals surface area contributed by atoms with Gasteiger partial charge >= 0.3 is 0 Å². The molecule has 4 nitrogen and oxygen atoms in total. The largest absolute Gasteiger partial charge is 0.360 e. The van der Waals surface area contributed by atoms with Crippen molar-refractivity contribution in [3.05, 3.63) is 48.0 Å². The highest BCUT2D eigenvalue weighted by Gasteiger charge is 2.19. The number of nitrogens with two attached hydrogens (primary N) is 1. The number of allylic oxidation sites excluding steroid dienone is 1. The minimum atomic E-state index is -0.664. The second kappa shape index (κ2) is 6.76. The van der Waals surface area contributed by atoms with Crippen LogP contribution in [0.15, 0.2) is 42.5 Å². The van der Waals surface area contributed by atoms with Crippen molar-refractivity contribution < 1.29 is 9.53 Å². The lowest BCUT2D eigenvalue weighted by Crippen LogP contribution is -2.35. The SMILES string of the molecule is CC=CCOC(C(=O)NN)c1ccccc1. The lowest BCUT2D eigenvalue weighted by molar-refractivity contribution is -0.132. The normalized spacial score (nSPS) is 12.6. The van der Waals surface area contributed by atoms with E-state index >= 15 is 0 Å². The number of carbonyl (C=O) groups excluding carboxylic acids is 1. The smallest absolute Gasteiger partial charge is 0.267 e. The summed E-state index contributed by atoms with van der Waals surface area (Å²) in [6.45, 7) is 2.27. The summed E-state index contributed by atoms with van der Waals surface area (Å²) < 4.78 is 5.44. The van der Waals surface area contributed by atoms with Gasteiger partial charge in [-0.25, -0.2) is 5.84 Å². The number of amides is 1. The van der Waals surface area contributed by atoms with Crippen molar-refractivity contribution in [2.75, 3.05) is 6.61 Å². The number of hydrogen-bond acceptors (Lipinski definition) is 3. The van der Waals surface area contributed by atoms with Crippen LogP contribution < -0.4 is 11.3 Å². The predicted molar refractivity (Wildman–Crippen MR) is 62.3 cm³/mol. The van der Waals surface area contributed by atoms with Gasteiger partial charge in [0.15, 0.2) is 6.10 Å². The first-order valence-electron chi connectivity index (χ1n) is 5.07. The summed E-state index contributed by atoms with van der Waals surface area (Å²) in [5.74, 6) is 4.77. The number of benzene rings is 1. The van der Waals surface area contributed by atoms with E-state index in [4.69, 9.17) is 10.6 Å². The Bertz CT molecular complexity index is 349. The summed E-state index contributed by atoms with van der Waals surface area (Å²) in [7, 11) is 0. The molecule has 0 saturated carbocycles. The van der Waals surface area contributed by atoms with Crippen molar-refractivity contribution in [3.8, 4) is 0 Å². The molecule has 3 N–H and O–H groups in total. The average molecular weight is 220 g/mol. The van der Waals surface area contributed by atoms with Crippen LogP contribution in [0.1, 0.15) is 18.6 Å². The molecule has 0 radical (unpaired) electrons. The molecule has 0 saturated heterocycles. The number of carbonyl (C=O) groups is 1. The molecule has 4 heteroatoms. The molecule has 0 aliphatic carbocycles. The molecule has 1 aromatic carbocycles. The van der Waals surface area contributed by atoms with E-state index in [1.165, 1.54) is 0 Å². The maximum Gasteiger partial charge on any atom is 0.267 e. The molecule has 16 heavy (non-hydrogen) atoms. The third-order valence-electron chi connectivity index (χ3n) is 2.08. The van der Waals surface area contributed by atoms with Crippen molar-refractivity contribution in [2.45, 2.75) is 13.0 Å². The highest BCUT2D eigenvalue weighted by atomic mass is 16.5. The Morgan fingerprint density at radius 3 is 2.75 bits per heavy atom. The first kappa shape index (κ1) is 12.4. The van der Waals surface area contributed by atoms with E-state index in [1.807, 2.05) is 49.4 Å². The van der Waals surface area contributed by atoms with Crippen LogP contribution in [0.4, 0.5) is 0 Å². The lowest BCUT2D eigenvalue weighted by atomic mass is 10.1. The Balaban J connectivity index is 2.75. The molecule has 0 bridgehead atoms. The Morgan fingerprint density at radius 1 is 1.50 bits per heavy atom. The van der Waals surface area contributed by atoms with Gasteiger partial charge in [0.2, 0.25) is 0 Å². The minimum Gasteiger partial charge on any atom is -0.360 e. The fourth-order valence-corrected chi connectivity index (χ4v) is 1.27. The van der Waals surface area contributed by atoms with Crippen LogP contribution in [0.25, 0.3) is 0 Å². The van der Waals surface area contributed by atoms with Gasteiger partial charge in [0.25, 0.3) is 5.91 Å². The number of nitrogens with one attached hydrogen (secondary N) is 1. The molecule has 0 aliphatic heterocycles. The first-order chi connectivity index (χ1) is 7.79. The van der Waals surface area contributed by atoms with Gasteiger partial charge in [-0.15, -0.1) is 0 Å². The monoisotopic (exact) mass is 220 g/mol. The van der Waals surface area contributed by atoms with Crippen LogP contribution in [0.2, 0.25) is 0 Å². The fourth-order valence-electron chi connectivity index (χ4n) is 1.27. The zero-order valence-electron chi connectivity index (χ0n) is 9.22. The zero-order chi connectivity index (χ0) is 11.8. The summed E-state index contributed by atoms with van der Waals surface area (Å²) in [4.78, 5) is 11.5. The second-order valence-electron chi connectivity index (χ2n) is 3.20. The van der Waals surface area contributed by atoms with E-state index in [1.54, 1.807) is 0 Å². The van der Waals surface area contributed by atoms with Gasteiger partial charge in [-0.05, 0) is 12.5 Å². The lowest BCUT2D eigenvalue weighted by Gasteiger charge is -2.15. The number of ether oxygens (including phenoxy) is 1. The van der Waals surface area contributed by atoms with Gasteiger partial charge < -0.3 is 4.74 Å². The zero-order valence-corrected chi connectivity index (χ0v) is 9.22. The standard InChI is InChI=1S/C12H16N2O2/c1-2-3-9-16-11(12(15)14-13)10-7-5-4-6-8-10/h2-8,11H,9,13H2,1H3,(H,14,15). The molecule has 86 valence electrons. The van der Waals surface area contributed by atoms with E-state index in [9.17, 15) is 4.79 Å². The predicted octanol–water partition coefficient (Wildman–Crippen LogP) is 1.31. The van der Waals surface area contributed by atoms with E-state index in [-0.39, 0.29) is 5.91 Å². The van der Waals surface area contributed by atoms with Crippen molar-refractivity contribution >= 4 is 5.91 Å². The number of rotatable bonds is 5. The van der Waals surface area contributed by atoms with E-state index in [2.05, 4.69) is 5.43 Å². The molecular formula is C12H16N2O2. The first-order valence-corrected chi connectivity index (χ1v) is 5.07. The van der Waals surface area contributed by atoms with Gasteiger partial charge in [-0.1, -0.05) is 42.5 Å². The average Bonchev–Trinajstić information content (AvgIpc) is 2.35. The van der Waals surface area contributed by atoms with Gasteiger partial charge in [0.1, 0.15) is 0 Å². The summed E-state index contributed by atoms with van der Waals surface area (Å²) in [6.07, 6.45) is 3.03. The van der Waals surface area contributed by atoms with Crippen LogP contribution in [-0.4, -0.2) is 12.5 Å². The van der Waals surface area contributed by atoms with Crippen LogP contribution in [-0.2, 0) is 9.53 Å². The molecule has 0 heterocycles. The molecule has 0 spiro atoms. The molecular weight excluding hydrogens is 204 g/mol. The van der Waals surface area contributed by atoms with Crippen molar-refractivity contribution in [1.29, 1.82) is 0 Å². The molecule has 1 amide bonds. The molecule has 1 unspecified atom stereocenters. The molecule has 1 rings (SSSR count). The quantitative estimate of drug-likeness (QED) is 0.340. The Kier molecular flexibility index (Phi) is 5.25. The maximum absolute atomic E-state index is 11.5. The Labute approximate surface area is 95.1 Å². The summed E-state index contributed by atoms with van der Waals surface area (Å²) in [6, 6.07) is 9.24. The highest BCUT2D eigenvalue weighted by molar-refractivity contribution is 5.81. The third-order valence-corrected chi connectivity index (χ3v) is 2.08.